The van der Waals surface area contributed by atoms with Crippen LogP contribution in [0.5, 0.6) is 0 Å². The maximum atomic E-state index is 13.0. The molecule has 2 N–H and O–H groups in total. The van der Waals surface area contributed by atoms with E-state index in [0.717, 1.165) is 61.6 Å². The molecule has 3 rings (SSSR count). The van der Waals surface area contributed by atoms with Gasteiger partial charge in [0.25, 0.3) is 23.2 Å². The monoisotopic (exact) mass is 504 g/mol. The molecule has 0 bridgehead atoms. The molecule has 0 aliphatic heterocycles. The van der Waals surface area contributed by atoms with Crippen LogP contribution in [0.2, 0.25) is 0 Å². The molecule has 1 heterocycles. The number of ether oxygens (including phenoxy) is 1. The summed E-state index contributed by atoms with van der Waals surface area (Å²) in [4.78, 5) is 59.3. The molecular weight excluding hydrogens is 480 g/mol. The van der Waals surface area contributed by atoms with Crippen LogP contribution in [0.3, 0.4) is 0 Å². The molecule has 2 amide bonds. The van der Waals surface area contributed by atoms with Gasteiger partial charge in [-0.1, -0.05) is 19.3 Å². The standard InChI is InChI=1S/C22H24N4O8S/c1-3-34-22(29)17-12(2)18(20(28)23-14-7-5-4-6-8-14)35-21(17)24-19(27)13-9-15(25(30)31)11-16(10-13)26(32)33/h9-11,14H,3-8H2,1-2H3,(H,23,28)(H,24,27). The van der Waals surface area contributed by atoms with Gasteiger partial charge in [-0.05, 0) is 32.3 Å². The Hall–Kier alpha value is -3.87. The Morgan fingerprint density at radius 3 is 2.17 bits per heavy atom. The molecule has 13 heteroatoms. The molecule has 2 aromatic rings. The predicted molar refractivity (Wildman–Crippen MR) is 127 cm³/mol. The van der Waals surface area contributed by atoms with Crippen molar-refractivity contribution in [2.45, 2.75) is 52.0 Å². The van der Waals surface area contributed by atoms with Gasteiger partial charge in [0.05, 0.1) is 38.5 Å². The molecule has 0 saturated heterocycles. The van der Waals surface area contributed by atoms with Crippen molar-refractivity contribution in [3.8, 4) is 0 Å². The van der Waals surface area contributed by atoms with E-state index in [2.05, 4.69) is 10.6 Å². The van der Waals surface area contributed by atoms with Crippen molar-refractivity contribution in [2.75, 3.05) is 11.9 Å². The molecule has 1 aromatic carbocycles. The van der Waals surface area contributed by atoms with Crippen LogP contribution in [0.1, 0.15) is 75.0 Å². The number of nitro groups is 2. The van der Waals surface area contributed by atoms with Crippen LogP contribution in [0, 0.1) is 27.2 Å². The SMILES string of the molecule is CCOC(=O)c1c(NC(=O)c2cc([N+](=O)[O-])cc([N+](=O)[O-])c2)sc(C(=O)NC2CCCCC2)c1C. The molecule has 1 aliphatic rings. The van der Waals surface area contributed by atoms with Gasteiger partial charge in [0.2, 0.25) is 0 Å². The van der Waals surface area contributed by atoms with Crippen molar-refractivity contribution in [1.82, 2.24) is 5.32 Å². The minimum atomic E-state index is -0.914. The molecule has 1 aliphatic carbocycles. The van der Waals surface area contributed by atoms with Crippen molar-refractivity contribution >= 4 is 45.5 Å². The number of nitrogens with zero attached hydrogens (tertiary/aromatic N) is 2. The summed E-state index contributed by atoms with van der Waals surface area (Å²) in [6, 6.07) is 2.55. The third-order valence-electron chi connectivity index (χ3n) is 5.59. The zero-order valence-corrected chi connectivity index (χ0v) is 19.9. The van der Waals surface area contributed by atoms with Gasteiger partial charge in [0.1, 0.15) is 5.00 Å². The highest BCUT2D eigenvalue weighted by atomic mass is 32.1. The molecule has 0 atom stereocenters. The topological polar surface area (TPSA) is 171 Å². The fourth-order valence-corrected chi connectivity index (χ4v) is 4.97. The highest BCUT2D eigenvalue weighted by Gasteiger charge is 2.29. The Morgan fingerprint density at radius 1 is 1.03 bits per heavy atom. The van der Waals surface area contributed by atoms with E-state index in [1.54, 1.807) is 13.8 Å². The smallest absolute Gasteiger partial charge is 0.341 e. The van der Waals surface area contributed by atoms with E-state index in [1.165, 1.54) is 0 Å². The van der Waals surface area contributed by atoms with E-state index in [1.807, 2.05) is 0 Å². The minimum absolute atomic E-state index is 0.00824. The lowest BCUT2D eigenvalue weighted by molar-refractivity contribution is -0.394. The summed E-state index contributed by atoms with van der Waals surface area (Å²) in [5.41, 5.74) is -1.31. The molecular formula is C22H24N4O8S. The highest BCUT2D eigenvalue weighted by Crippen LogP contribution is 2.35. The number of hydrogen-bond donors (Lipinski definition) is 2. The molecule has 35 heavy (non-hydrogen) atoms. The number of hydrogen-bond acceptors (Lipinski definition) is 9. The van der Waals surface area contributed by atoms with E-state index in [9.17, 15) is 34.6 Å². The van der Waals surface area contributed by atoms with Gasteiger partial charge in [-0.3, -0.25) is 29.8 Å². The highest BCUT2D eigenvalue weighted by molar-refractivity contribution is 7.18. The number of nitrogens with one attached hydrogen (secondary N) is 2. The van der Waals surface area contributed by atoms with Crippen LogP contribution in [0.15, 0.2) is 18.2 Å². The Kier molecular flexibility index (Phi) is 8.12. The number of thiophene rings is 1. The number of rotatable bonds is 8. The summed E-state index contributed by atoms with van der Waals surface area (Å²) in [7, 11) is 0. The minimum Gasteiger partial charge on any atom is -0.462 e. The number of amides is 2. The molecule has 0 radical (unpaired) electrons. The van der Waals surface area contributed by atoms with Gasteiger partial charge in [0, 0.05) is 18.2 Å². The van der Waals surface area contributed by atoms with Crippen LogP contribution in [-0.2, 0) is 4.74 Å². The Morgan fingerprint density at radius 2 is 1.63 bits per heavy atom. The van der Waals surface area contributed by atoms with Gasteiger partial charge < -0.3 is 15.4 Å². The average Bonchev–Trinajstić information content (AvgIpc) is 3.15. The first-order valence-electron chi connectivity index (χ1n) is 11.0. The van der Waals surface area contributed by atoms with Gasteiger partial charge in [-0.2, -0.15) is 0 Å². The summed E-state index contributed by atoms with van der Waals surface area (Å²) in [6.45, 7) is 3.23. The normalized spacial score (nSPS) is 13.7. The lowest BCUT2D eigenvalue weighted by Crippen LogP contribution is -2.36. The summed E-state index contributed by atoms with van der Waals surface area (Å²) in [6.07, 6.45) is 4.85. The Balaban J connectivity index is 1.95. The zero-order valence-electron chi connectivity index (χ0n) is 19.1. The zero-order chi connectivity index (χ0) is 25.7. The van der Waals surface area contributed by atoms with Crippen molar-refractivity contribution in [2.24, 2.45) is 0 Å². The van der Waals surface area contributed by atoms with E-state index in [0.29, 0.717) is 5.56 Å². The van der Waals surface area contributed by atoms with Crippen LogP contribution in [-0.4, -0.2) is 40.3 Å². The maximum Gasteiger partial charge on any atom is 0.341 e. The van der Waals surface area contributed by atoms with Crippen LogP contribution < -0.4 is 10.6 Å². The molecule has 0 unspecified atom stereocenters. The van der Waals surface area contributed by atoms with E-state index in [-0.39, 0.29) is 39.6 Å². The van der Waals surface area contributed by atoms with Crippen molar-refractivity contribution in [1.29, 1.82) is 0 Å². The van der Waals surface area contributed by atoms with Crippen molar-refractivity contribution < 1.29 is 29.0 Å². The number of anilines is 1. The Bertz CT molecular complexity index is 1150. The lowest BCUT2D eigenvalue weighted by Gasteiger charge is -2.22. The number of nitro benzene ring substituents is 2. The van der Waals surface area contributed by atoms with E-state index in [4.69, 9.17) is 4.74 Å². The fraction of sp³-hybridized carbons (Fsp3) is 0.409. The number of carbonyl (C=O) groups excluding carboxylic acids is 3. The maximum absolute atomic E-state index is 13.0. The van der Waals surface area contributed by atoms with Gasteiger partial charge in [-0.15, -0.1) is 11.3 Å². The van der Waals surface area contributed by atoms with Crippen LogP contribution >= 0.6 is 11.3 Å². The predicted octanol–water partition coefficient (Wildman–Crippen LogP) is 4.36. The molecule has 1 saturated carbocycles. The average molecular weight is 505 g/mol. The summed E-state index contributed by atoms with van der Waals surface area (Å²) in [5.74, 6) is -2.04. The van der Waals surface area contributed by atoms with Crippen molar-refractivity contribution in [3.05, 3.63) is 60.0 Å². The second-order valence-electron chi connectivity index (χ2n) is 8.00. The molecule has 1 fully saturated rings. The largest absolute Gasteiger partial charge is 0.462 e. The van der Waals surface area contributed by atoms with Crippen LogP contribution in [0.4, 0.5) is 16.4 Å². The first kappa shape index (κ1) is 25.7. The molecule has 0 spiro atoms. The van der Waals surface area contributed by atoms with Crippen LogP contribution in [0.25, 0.3) is 0 Å². The fourth-order valence-electron chi connectivity index (χ4n) is 3.88. The van der Waals surface area contributed by atoms with Crippen molar-refractivity contribution in [3.63, 3.8) is 0 Å². The van der Waals surface area contributed by atoms with E-state index < -0.39 is 33.1 Å². The quantitative estimate of drug-likeness (QED) is 0.303. The lowest BCUT2D eigenvalue weighted by atomic mass is 9.95. The second kappa shape index (κ2) is 11.0. The van der Waals surface area contributed by atoms with Gasteiger partial charge in [0.15, 0.2) is 0 Å². The third kappa shape index (κ3) is 5.98. The first-order valence-corrected chi connectivity index (χ1v) is 11.8. The molecule has 12 nitrogen and oxygen atoms in total. The van der Waals surface area contributed by atoms with Gasteiger partial charge in [-0.25, -0.2) is 4.79 Å². The first-order chi connectivity index (χ1) is 16.6. The number of non-ortho nitro benzene ring substituents is 2. The summed E-state index contributed by atoms with van der Waals surface area (Å²) >= 11 is 0.868. The third-order valence-corrected chi connectivity index (χ3v) is 6.79. The molecule has 186 valence electrons. The Labute approximate surface area is 204 Å². The van der Waals surface area contributed by atoms with E-state index >= 15 is 0 Å². The summed E-state index contributed by atoms with van der Waals surface area (Å²) < 4.78 is 5.09. The summed E-state index contributed by atoms with van der Waals surface area (Å²) in [5, 5.41) is 27.8. The number of esters is 1. The number of benzene rings is 1. The van der Waals surface area contributed by atoms with Gasteiger partial charge >= 0.3 is 5.97 Å². The second-order valence-corrected chi connectivity index (χ2v) is 9.02. The molecule has 1 aromatic heterocycles. The number of carbonyl (C=O) groups is 3.